The van der Waals surface area contributed by atoms with Crippen LogP contribution in [0.1, 0.15) is 11.6 Å². The van der Waals surface area contributed by atoms with E-state index in [1.54, 1.807) is 6.07 Å². The van der Waals surface area contributed by atoms with Crippen molar-refractivity contribution < 1.29 is 0 Å². The van der Waals surface area contributed by atoms with E-state index >= 15 is 0 Å². The molecule has 0 spiro atoms. The first-order chi connectivity index (χ1) is 7.04. The lowest BCUT2D eigenvalue weighted by Gasteiger charge is -2.22. The molecule has 1 rings (SSSR count). The number of nitrogens with zero attached hydrogens (tertiary/aromatic N) is 1. The second kappa shape index (κ2) is 5.68. The summed E-state index contributed by atoms with van der Waals surface area (Å²) in [7, 11) is 3.83. The van der Waals surface area contributed by atoms with Gasteiger partial charge in [-0.05, 0) is 17.7 Å². The molecule has 0 saturated carbocycles. The molecule has 0 radical (unpaired) electrons. The van der Waals surface area contributed by atoms with Crippen LogP contribution in [0.25, 0.3) is 0 Å². The van der Waals surface area contributed by atoms with Crippen LogP contribution >= 0.6 is 23.2 Å². The lowest BCUT2D eigenvalue weighted by atomic mass is 10.1. The topological polar surface area (TPSA) is 41.3 Å². The van der Waals surface area contributed by atoms with Crippen molar-refractivity contribution in [1.29, 1.82) is 0 Å². The molecule has 0 heterocycles. The highest BCUT2D eigenvalue weighted by atomic mass is 35.5. The number of nitrogens with one attached hydrogen (secondary N) is 1. The van der Waals surface area contributed by atoms with E-state index in [1.165, 1.54) is 0 Å². The Bertz CT molecular complexity index is 328. The van der Waals surface area contributed by atoms with Crippen molar-refractivity contribution >= 4 is 23.2 Å². The van der Waals surface area contributed by atoms with E-state index in [4.69, 9.17) is 28.9 Å². The Morgan fingerprint density at radius 1 is 1.33 bits per heavy atom. The smallest absolute Gasteiger partial charge is 0.0595 e. The first kappa shape index (κ1) is 12.7. The number of rotatable bonds is 4. The molecule has 84 valence electrons. The zero-order chi connectivity index (χ0) is 11.4. The van der Waals surface area contributed by atoms with E-state index in [2.05, 4.69) is 5.43 Å². The minimum absolute atomic E-state index is 0.0507. The molecule has 5 heteroatoms. The van der Waals surface area contributed by atoms with Gasteiger partial charge in [0, 0.05) is 20.6 Å². The highest BCUT2D eigenvalue weighted by Gasteiger charge is 2.11. The number of benzene rings is 1. The standard InChI is InChI=1S/C10H15Cl2N3/c1-15(2)14-10(6-13)7-3-4-8(11)9(12)5-7/h3-5,10,14H,6,13H2,1-2H3. The summed E-state index contributed by atoms with van der Waals surface area (Å²) in [6.07, 6.45) is 0. The average molecular weight is 248 g/mol. The van der Waals surface area contributed by atoms with Crippen molar-refractivity contribution in [2.24, 2.45) is 5.73 Å². The molecule has 1 aromatic rings. The number of hydrazine groups is 1. The molecule has 0 aliphatic rings. The predicted molar refractivity (Wildman–Crippen MR) is 65.1 cm³/mol. The Morgan fingerprint density at radius 3 is 2.47 bits per heavy atom. The lowest BCUT2D eigenvalue weighted by Crippen LogP contribution is -2.37. The SMILES string of the molecule is CN(C)NC(CN)c1ccc(Cl)c(Cl)c1. The van der Waals surface area contributed by atoms with Crippen molar-refractivity contribution in [3.05, 3.63) is 33.8 Å². The molecule has 1 unspecified atom stereocenters. The summed E-state index contributed by atoms with van der Waals surface area (Å²) in [4.78, 5) is 0. The quantitative estimate of drug-likeness (QED) is 0.801. The zero-order valence-corrected chi connectivity index (χ0v) is 10.3. The van der Waals surface area contributed by atoms with E-state index in [0.29, 0.717) is 16.6 Å². The molecule has 15 heavy (non-hydrogen) atoms. The fraction of sp³-hybridized carbons (Fsp3) is 0.400. The Labute approximate surface area is 100 Å². The Hall–Kier alpha value is -0.320. The van der Waals surface area contributed by atoms with E-state index in [1.807, 2.05) is 31.2 Å². The van der Waals surface area contributed by atoms with Gasteiger partial charge in [-0.25, -0.2) is 10.4 Å². The van der Waals surface area contributed by atoms with Gasteiger partial charge in [-0.15, -0.1) is 0 Å². The fourth-order valence-corrected chi connectivity index (χ4v) is 1.61. The monoisotopic (exact) mass is 247 g/mol. The van der Waals surface area contributed by atoms with Crippen LogP contribution < -0.4 is 11.2 Å². The maximum absolute atomic E-state index is 5.94. The molecule has 1 aromatic carbocycles. The number of nitrogens with two attached hydrogens (primary N) is 1. The van der Waals surface area contributed by atoms with Crippen molar-refractivity contribution in [2.45, 2.75) is 6.04 Å². The van der Waals surface area contributed by atoms with Gasteiger partial charge >= 0.3 is 0 Å². The minimum Gasteiger partial charge on any atom is -0.329 e. The van der Waals surface area contributed by atoms with Crippen molar-refractivity contribution in [1.82, 2.24) is 10.4 Å². The second-order valence-corrected chi connectivity index (χ2v) is 4.30. The lowest BCUT2D eigenvalue weighted by molar-refractivity contribution is 0.245. The van der Waals surface area contributed by atoms with Gasteiger partial charge in [0.25, 0.3) is 0 Å². The number of hydrogen-bond acceptors (Lipinski definition) is 3. The molecule has 3 N–H and O–H groups in total. The molecule has 0 amide bonds. The van der Waals surface area contributed by atoms with Gasteiger partial charge in [-0.1, -0.05) is 29.3 Å². The van der Waals surface area contributed by atoms with Gasteiger partial charge < -0.3 is 5.73 Å². The van der Waals surface area contributed by atoms with Crippen LogP contribution in [0, 0.1) is 0 Å². The van der Waals surface area contributed by atoms with Crippen LogP contribution in [0.3, 0.4) is 0 Å². The van der Waals surface area contributed by atoms with Crippen LogP contribution in [-0.2, 0) is 0 Å². The molecule has 0 saturated heterocycles. The highest BCUT2D eigenvalue weighted by Crippen LogP contribution is 2.25. The summed E-state index contributed by atoms with van der Waals surface area (Å²) >= 11 is 11.8. The molecule has 0 bridgehead atoms. The van der Waals surface area contributed by atoms with Crippen LogP contribution in [0.5, 0.6) is 0 Å². The van der Waals surface area contributed by atoms with E-state index in [9.17, 15) is 0 Å². The van der Waals surface area contributed by atoms with Crippen LogP contribution in [0.15, 0.2) is 18.2 Å². The Balaban J connectivity index is 2.87. The van der Waals surface area contributed by atoms with Gasteiger partial charge in [-0.3, -0.25) is 0 Å². The largest absolute Gasteiger partial charge is 0.329 e. The van der Waals surface area contributed by atoms with Crippen LogP contribution in [-0.4, -0.2) is 25.6 Å². The summed E-state index contributed by atoms with van der Waals surface area (Å²) < 4.78 is 0. The van der Waals surface area contributed by atoms with Gasteiger partial charge in [0.2, 0.25) is 0 Å². The van der Waals surface area contributed by atoms with Crippen LogP contribution in [0.2, 0.25) is 10.0 Å². The van der Waals surface area contributed by atoms with Gasteiger partial charge in [-0.2, -0.15) is 0 Å². The predicted octanol–water partition coefficient (Wildman–Crippen LogP) is 2.06. The summed E-state index contributed by atoms with van der Waals surface area (Å²) in [6.45, 7) is 0.496. The third-order valence-electron chi connectivity index (χ3n) is 2.00. The van der Waals surface area contributed by atoms with Crippen molar-refractivity contribution in [3.8, 4) is 0 Å². The van der Waals surface area contributed by atoms with E-state index in [-0.39, 0.29) is 6.04 Å². The third-order valence-corrected chi connectivity index (χ3v) is 2.73. The summed E-state index contributed by atoms with van der Waals surface area (Å²) in [6, 6.07) is 5.58. The number of halogens is 2. The van der Waals surface area contributed by atoms with E-state index in [0.717, 1.165) is 5.56 Å². The minimum atomic E-state index is 0.0507. The molecule has 0 aliphatic carbocycles. The highest BCUT2D eigenvalue weighted by molar-refractivity contribution is 6.42. The summed E-state index contributed by atoms with van der Waals surface area (Å²) in [5.74, 6) is 0. The fourth-order valence-electron chi connectivity index (χ4n) is 1.30. The van der Waals surface area contributed by atoms with Gasteiger partial charge in [0.1, 0.15) is 0 Å². The van der Waals surface area contributed by atoms with E-state index < -0.39 is 0 Å². The molecule has 0 aliphatic heterocycles. The normalized spacial score (nSPS) is 13.2. The molecule has 3 nitrogen and oxygen atoms in total. The Kier molecular flexibility index (Phi) is 4.83. The van der Waals surface area contributed by atoms with Gasteiger partial charge in [0.15, 0.2) is 0 Å². The molecule has 0 fully saturated rings. The zero-order valence-electron chi connectivity index (χ0n) is 8.80. The first-order valence-corrected chi connectivity index (χ1v) is 5.38. The number of hydrogen-bond donors (Lipinski definition) is 2. The maximum Gasteiger partial charge on any atom is 0.0595 e. The maximum atomic E-state index is 5.94. The van der Waals surface area contributed by atoms with Crippen LogP contribution in [0.4, 0.5) is 0 Å². The average Bonchev–Trinajstić information content (AvgIpc) is 2.18. The Morgan fingerprint density at radius 2 is 2.00 bits per heavy atom. The molecule has 0 aromatic heterocycles. The van der Waals surface area contributed by atoms with Gasteiger partial charge in [0.05, 0.1) is 16.1 Å². The first-order valence-electron chi connectivity index (χ1n) is 4.63. The third kappa shape index (κ3) is 3.63. The van der Waals surface area contributed by atoms with Crippen molar-refractivity contribution in [2.75, 3.05) is 20.6 Å². The molecular weight excluding hydrogens is 233 g/mol. The second-order valence-electron chi connectivity index (χ2n) is 3.49. The summed E-state index contributed by atoms with van der Waals surface area (Å²) in [5, 5.41) is 2.97. The molecule has 1 atom stereocenters. The molecular formula is C10H15Cl2N3. The van der Waals surface area contributed by atoms with Crippen molar-refractivity contribution in [3.63, 3.8) is 0 Å². The summed E-state index contributed by atoms with van der Waals surface area (Å²) in [5.41, 5.74) is 9.90.